The van der Waals surface area contributed by atoms with Crippen molar-refractivity contribution < 1.29 is 22.7 Å². The molecule has 0 aromatic heterocycles. The molecule has 0 saturated carbocycles. The van der Waals surface area contributed by atoms with Crippen LogP contribution in [0.25, 0.3) is 0 Å². The van der Waals surface area contributed by atoms with Crippen molar-refractivity contribution >= 4 is 15.7 Å². The van der Waals surface area contributed by atoms with Crippen molar-refractivity contribution in [2.45, 2.75) is 36.9 Å². The van der Waals surface area contributed by atoms with Crippen LogP contribution in [0.1, 0.15) is 25.3 Å². The van der Waals surface area contributed by atoms with E-state index in [1.54, 1.807) is 24.3 Å². The van der Waals surface area contributed by atoms with E-state index in [9.17, 15) is 13.2 Å². The van der Waals surface area contributed by atoms with Gasteiger partial charge in [-0.2, -0.15) is 0 Å². The van der Waals surface area contributed by atoms with Crippen LogP contribution in [-0.4, -0.2) is 45.9 Å². The van der Waals surface area contributed by atoms with Gasteiger partial charge in [0, 0.05) is 18.7 Å². The van der Waals surface area contributed by atoms with Gasteiger partial charge < -0.3 is 14.8 Å². The lowest BCUT2D eigenvalue weighted by Crippen LogP contribution is -2.41. The predicted molar refractivity (Wildman–Crippen MR) is 87.1 cm³/mol. The highest BCUT2D eigenvalue weighted by Gasteiger charge is 2.29. The summed E-state index contributed by atoms with van der Waals surface area (Å²) in [4.78, 5) is 12.1. The monoisotopic (exact) mass is 341 g/mol. The Labute approximate surface area is 137 Å². The maximum atomic E-state index is 12.5. The minimum absolute atomic E-state index is 0.0110. The van der Waals surface area contributed by atoms with Crippen LogP contribution in [0.2, 0.25) is 0 Å². The van der Waals surface area contributed by atoms with Crippen LogP contribution in [0.3, 0.4) is 0 Å². The third-order valence-corrected chi connectivity index (χ3v) is 5.99. The molecule has 7 heteroatoms. The van der Waals surface area contributed by atoms with Gasteiger partial charge in [-0.1, -0.05) is 18.2 Å². The molecule has 1 aromatic carbocycles. The van der Waals surface area contributed by atoms with Crippen LogP contribution in [0.4, 0.5) is 0 Å². The highest BCUT2D eigenvalue weighted by Crippen LogP contribution is 2.21. The first-order chi connectivity index (χ1) is 10.9. The second kappa shape index (κ2) is 7.79. The van der Waals surface area contributed by atoms with Crippen molar-refractivity contribution in [3.8, 4) is 5.75 Å². The first-order valence-corrected chi connectivity index (χ1v) is 9.38. The molecule has 1 amide bonds. The Hall–Kier alpha value is -1.60. The molecule has 1 heterocycles. The fourth-order valence-corrected chi connectivity index (χ4v) is 3.82. The number of hydrogen-bond donors (Lipinski definition) is 1. The number of para-hydroxylation sites is 1. The zero-order valence-corrected chi connectivity index (χ0v) is 14.3. The summed E-state index contributed by atoms with van der Waals surface area (Å²) in [5.74, 6) is -0.218. The smallest absolute Gasteiger partial charge is 0.238 e. The molecular weight excluding hydrogens is 318 g/mol. The first kappa shape index (κ1) is 17.7. The number of methoxy groups -OCH3 is 1. The zero-order chi connectivity index (χ0) is 16.9. The van der Waals surface area contributed by atoms with E-state index in [4.69, 9.17) is 9.47 Å². The highest BCUT2D eigenvalue weighted by atomic mass is 32.2. The Morgan fingerprint density at radius 1 is 1.43 bits per heavy atom. The van der Waals surface area contributed by atoms with E-state index in [1.165, 1.54) is 14.0 Å². The van der Waals surface area contributed by atoms with E-state index in [1.807, 2.05) is 0 Å². The molecule has 1 saturated heterocycles. The van der Waals surface area contributed by atoms with Gasteiger partial charge in [0.25, 0.3) is 0 Å². The molecule has 0 aliphatic carbocycles. The summed E-state index contributed by atoms with van der Waals surface area (Å²) in [5.41, 5.74) is 0.550. The van der Waals surface area contributed by atoms with E-state index < -0.39 is 21.0 Å². The Morgan fingerprint density at radius 3 is 2.83 bits per heavy atom. The third-order valence-electron chi connectivity index (χ3n) is 3.99. The molecule has 23 heavy (non-hydrogen) atoms. The lowest BCUT2D eigenvalue weighted by Gasteiger charge is -2.16. The van der Waals surface area contributed by atoms with E-state index in [0.717, 1.165) is 12.8 Å². The molecule has 0 spiro atoms. The molecule has 2 atom stereocenters. The summed E-state index contributed by atoms with van der Waals surface area (Å²) in [6.45, 7) is 2.46. The third kappa shape index (κ3) is 4.68. The molecule has 128 valence electrons. The standard InChI is InChI=1S/C16H23NO5S/c1-12(16(18)17-10-14-7-5-9-22-14)23(19,20)11-13-6-3-4-8-15(13)21-2/h3-4,6,8,12,14H,5,7,9-11H2,1-2H3,(H,17,18)/t12-,14+/m0/s1. The number of nitrogens with one attached hydrogen (secondary N) is 1. The molecule has 1 aromatic rings. The second-order valence-corrected chi connectivity index (χ2v) is 7.96. The van der Waals surface area contributed by atoms with Gasteiger partial charge in [-0.25, -0.2) is 8.42 Å². The Balaban J connectivity index is 1.98. The zero-order valence-electron chi connectivity index (χ0n) is 13.4. The maximum Gasteiger partial charge on any atom is 0.238 e. The van der Waals surface area contributed by atoms with Crippen molar-refractivity contribution in [1.29, 1.82) is 0 Å². The molecule has 0 bridgehead atoms. The van der Waals surface area contributed by atoms with Gasteiger partial charge in [-0.05, 0) is 25.8 Å². The van der Waals surface area contributed by atoms with Crippen molar-refractivity contribution in [3.05, 3.63) is 29.8 Å². The van der Waals surface area contributed by atoms with E-state index in [2.05, 4.69) is 5.32 Å². The number of amides is 1. The molecule has 1 aliphatic rings. The number of carbonyl (C=O) groups is 1. The first-order valence-electron chi connectivity index (χ1n) is 7.67. The summed E-state index contributed by atoms with van der Waals surface area (Å²) in [7, 11) is -2.13. The lowest BCUT2D eigenvalue weighted by molar-refractivity contribution is -0.120. The van der Waals surface area contributed by atoms with Crippen molar-refractivity contribution in [3.63, 3.8) is 0 Å². The minimum Gasteiger partial charge on any atom is -0.496 e. The van der Waals surface area contributed by atoms with Gasteiger partial charge >= 0.3 is 0 Å². The molecule has 6 nitrogen and oxygen atoms in total. The van der Waals surface area contributed by atoms with Crippen LogP contribution in [-0.2, 0) is 25.1 Å². The van der Waals surface area contributed by atoms with Gasteiger partial charge in [0.1, 0.15) is 11.0 Å². The van der Waals surface area contributed by atoms with E-state index in [-0.39, 0.29) is 11.9 Å². The lowest BCUT2D eigenvalue weighted by atomic mass is 10.2. The maximum absolute atomic E-state index is 12.5. The SMILES string of the molecule is COc1ccccc1CS(=O)(=O)[C@@H](C)C(=O)NC[C@H]1CCCO1. The molecule has 1 fully saturated rings. The van der Waals surface area contributed by atoms with Crippen LogP contribution in [0, 0.1) is 0 Å². The van der Waals surface area contributed by atoms with Crippen molar-refractivity contribution in [2.24, 2.45) is 0 Å². The molecule has 1 aliphatic heterocycles. The summed E-state index contributed by atoms with van der Waals surface area (Å²) in [6, 6.07) is 6.91. The number of benzene rings is 1. The molecule has 2 rings (SSSR count). The largest absolute Gasteiger partial charge is 0.496 e. The van der Waals surface area contributed by atoms with Gasteiger partial charge in [0.2, 0.25) is 5.91 Å². The normalized spacial score (nSPS) is 19.3. The fraction of sp³-hybridized carbons (Fsp3) is 0.562. The topological polar surface area (TPSA) is 81.7 Å². The average molecular weight is 341 g/mol. The van der Waals surface area contributed by atoms with Crippen LogP contribution < -0.4 is 10.1 Å². The molecular formula is C16H23NO5S. The Kier molecular flexibility index (Phi) is 6.01. The number of hydrogen-bond acceptors (Lipinski definition) is 5. The highest BCUT2D eigenvalue weighted by molar-refractivity contribution is 7.92. The second-order valence-electron chi connectivity index (χ2n) is 5.64. The van der Waals surface area contributed by atoms with Gasteiger partial charge in [0.15, 0.2) is 9.84 Å². The summed E-state index contributed by atoms with van der Waals surface area (Å²) < 4.78 is 35.5. The number of rotatable bonds is 7. The van der Waals surface area contributed by atoms with Crippen LogP contribution >= 0.6 is 0 Å². The quantitative estimate of drug-likeness (QED) is 0.808. The summed E-state index contributed by atoms with van der Waals surface area (Å²) >= 11 is 0. The summed E-state index contributed by atoms with van der Waals surface area (Å²) in [6.07, 6.45) is 1.85. The number of ether oxygens (including phenoxy) is 2. The summed E-state index contributed by atoms with van der Waals surface area (Å²) in [5, 5.41) is 1.55. The van der Waals surface area contributed by atoms with Crippen LogP contribution in [0.5, 0.6) is 5.75 Å². The predicted octanol–water partition coefficient (Wildman–Crippen LogP) is 1.29. The Morgan fingerprint density at radius 2 is 2.17 bits per heavy atom. The van der Waals surface area contributed by atoms with Crippen molar-refractivity contribution in [1.82, 2.24) is 5.32 Å². The fourth-order valence-electron chi connectivity index (χ4n) is 2.49. The van der Waals surface area contributed by atoms with Crippen molar-refractivity contribution in [2.75, 3.05) is 20.3 Å². The van der Waals surface area contributed by atoms with Gasteiger partial charge in [-0.3, -0.25) is 4.79 Å². The van der Waals surface area contributed by atoms with Gasteiger partial charge in [-0.15, -0.1) is 0 Å². The van der Waals surface area contributed by atoms with Crippen LogP contribution in [0.15, 0.2) is 24.3 Å². The minimum atomic E-state index is -3.62. The molecule has 0 radical (unpaired) electrons. The number of carbonyl (C=O) groups excluding carboxylic acids is 1. The molecule has 0 unspecified atom stereocenters. The van der Waals surface area contributed by atoms with E-state index in [0.29, 0.717) is 24.5 Å². The van der Waals surface area contributed by atoms with E-state index >= 15 is 0 Å². The number of sulfone groups is 1. The average Bonchev–Trinajstić information content (AvgIpc) is 3.05. The molecule has 1 N–H and O–H groups in total. The Bertz CT molecular complexity index is 638. The van der Waals surface area contributed by atoms with Gasteiger partial charge in [0.05, 0.1) is 19.0 Å².